The van der Waals surface area contributed by atoms with Crippen LogP contribution >= 0.6 is 11.6 Å². The molecule has 1 unspecified atom stereocenters. The van der Waals surface area contributed by atoms with Gasteiger partial charge in [0, 0.05) is 24.0 Å². The summed E-state index contributed by atoms with van der Waals surface area (Å²) in [6.07, 6.45) is 0.370. The summed E-state index contributed by atoms with van der Waals surface area (Å²) in [5.74, 6) is 0.703. The SMILES string of the molecule is COc1cccc(CN(C(=O)COc2ccc(Cl)c(C)c2)C(Cc2ccccc2)C(=O)NC(C)C)c1. The summed E-state index contributed by atoms with van der Waals surface area (Å²) >= 11 is 6.12. The zero-order valence-electron chi connectivity index (χ0n) is 21.2. The van der Waals surface area contributed by atoms with Gasteiger partial charge in [0.2, 0.25) is 5.91 Å². The lowest BCUT2D eigenvalue weighted by Gasteiger charge is -2.32. The van der Waals surface area contributed by atoms with Gasteiger partial charge in [0.1, 0.15) is 17.5 Å². The number of halogens is 1. The van der Waals surface area contributed by atoms with Gasteiger partial charge in [-0.25, -0.2) is 0 Å². The summed E-state index contributed by atoms with van der Waals surface area (Å²) < 4.78 is 11.2. The molecule has 7 heteroatoms. The van der Waals surface area contributed by atoms with E-state index in [1.165, 1.54) is 0 Å². The van der Waals surface area contributed by atoms with Crippen molar-refractivity contribution in [2.45, 2.75) is 45.8 Å². The summed E-state index contributed by atoms with van der Waals surface area (Å²) in [6.45, 7) is 5.68. The van der Waals surface area contributed by atoms with Gasteiger partial charge >= 0.3 is 0 Å². The number of nitrogens with one attached hydrogen (secondary N) is 1. The Morgan fingerprint density at radius 3 is 2.33 bits per heavy atom. The molecule has 1 atom stereocenters. The van der Waals surface area contributed by atoms with Gasteiger partial charge in [-0.05, 0) is 67.8 Å². The van der Waals surface area contributed by atoms with Gasteiger partial charge in [0.25, 0.3) is 5.91 Å². The first-order valence-electron chi connectivity index (χ1n) is 11.9. The third-order valence-electron chi connectivity index (χ3n) is 5.68. The fraction of sp³-hybridized carbons (Fsp3) is 0.310. The van der Waals surface area contributed by atoms with Gasteiger partial charge in [0.05, 0.1) is 7.11 Å². The van der Waals surface area contributed by atoms with Crippen LogP contribution < -0.4 is 14.8 Å². The van der Waals surface area contributed by atoms with Crippen molar-refractivity contribution in [3.8, 4) is 11.5 Å². The number of carbonyl (C=O) groups is 2. The molecule has 0 aromatic heterocycles. The highest BCUT2D eigenvalue weighted by molar-refractivity contribution is 6.31. The van der Waals surface area contributed by atoms with E-state index in [0.29, 0.717) is 22.9 Å². The standard InChI is InChI=1S/C29H33ClN2O4/c1-20(2)31-29(34)27(17-22-9-6-5-7-10-22)32(18-23-11-8-12-24(16-23)35-4)28(33)19-36-25-13-14-26(30)21(3)15-25/h5-16,20,27H,17-19H2,1-4H3,(H,31,34). The zero-order chi connectivity index (χ0) is 26.1. The molecule has 0 saturated carbocycles. The Morgan fingerprint density at radius 1 is 0.944 bits per heavy atom. The van der Waals surface area contributed by atoms with Crippen LogP contribution in [0.25, 0.3) is 0 Å². The normalized spacial score (nSPS) is 11.6. The quantitative estimate of drug-likeness (QED) is 0.386. The van der Waals surface area contributed by atoms with Crippen LogP contribution in [-0.2, 0) is 22.6 Å². The molecular formula is C29H33ClN2O4. The number of nitrogens with zero attached hydrogens (tertiary/aromatic N) is 1. The molecule has 190 valence electrons. The van der Waals surface area contributed by atoms with Crippen LogP contribution in [0.1, 0.15) is 30.5 Å². The van der Waals surface area contributed by atoms with Crippen molar-refractivity contribution in [2.75, 3.05) is 13.7 Å². The molecule has 0 radical (unpaired) electrons. The van der Waals surface area contributed by atoms with Crippen molar-refractivity contribution in [1.82, 2.24) is 10.2 Å². The van der Waals surface area contributed by atoms with Crippen molar-refractivity contribution in [3.63, 3.8) is 0 Å². The molecule has 3 aromatic carbocycles. The number of amides is 2. The smallest absolute Gasteiger partial charge is 0.261 e. The number of rotatable bonds is 11. The van der Waals surface area contributed by atoms with E-state index in [1.54, 1.807) is 30.2 Å². The van der Waals surface area contributed by atoms with E-state index < -0.39 is 6.04 Å². The van der Waals surface area contributed by atoms with Gasteiger partial charge in [-0.1, -0.05) is 54.1 Å². The third-order valence-corrected chi connectivity index (χ3v) is 6.10. The van der Waals surface area contributed by atoms with Gasteiger partial charge < -0.3 is 19.7 Å². The van der Waals surface area contributed by atoms with Crippen LogP contribution in [0.5, 0.6) is 11.5 Å². The first-order valence-corrected chi connectivity index (χ1v) is 12.3. The Bertz CT molecular complexity index is 1170. The van der Waals surface area contributed by atoms with E-state index in [2.05, 4.69) is 5.32 Å². The maximum atomic E-state index is 13.6. The van der Waals surface area contributed by atoms with E-state index in [9.17, 15) is 9.59 Å². The predicted octanol–water partition coefficient (Wildman–Crippen LogP) is 5.20. The molecule has 0 heterocycles. The fourth-order valence-electron chi connectivity index (χ4n) is 3.84. The second-order valence-electron chi connectivity index (χ2n) is 8.94. The summed E-state index contributed by atoms with van der Waals surface area (Å²) in [5.41, 5.74) is 2.66. The monoisotopic (exact) mass is 508 g/mol. The molecule has 0 aliphatic rings. The van der Waals surface area contributed by atoms with Crippen molar-refractivity contribution >= 4 is 23.4 Å². The molecule has 3 rings (SSSR count). The highest BCUT2D eigenvalue weighted by atomic mass is 35.5. The lowest BCUT2D eigenvalue weighted by molar-refractivity contribution is -0.143. The van der Waals surface area contributed by atoms with Gasteiger partial charge in [-0.2, -0.15) is 0 Å². The summed E-state index contributed by atoms with van der Waals surface area (Å²) in [7, 11) is 1.60. The molecule has 0 fully saturated rings. The molecule has 0 aliphatic carbocycles. The first-order chi connectivity index (χ1) is 17.3. The highest BCUT2D eigenvalue weighted by Gasteiger charge is 2.31. The lowest BCUT2D eigenvalue weighted by Crippen LogP contribution is -2.52. The zero-order valence-corrected chi connectivity index (χ0v) is 21.9. The Morgan fingerprint density at radius 2 is 1.67 bits per heavy atom. The van der Waals surface area contributed by atoms with Crippen LogP contribution in [0.3, 0.4) is 0 Å². The third kappa shape index (κ3) is 7.75. The fourth-order valence-corrected chi connectivity index (χ4v) is 3.95. The summed E-state index contributed by atoms with van der Waals surface area (Å²) in [6, 6.07) is 21.6. The van der Waals surface area contributed by atoms with E-state index in [4.69, 9.17) is 21.1 Å². The minimum atomic E-state index is -0.732. The molecule has 0 saturated heterocycles. The highest BCUT2D eigenvalue weighted by Crippen LogP contribution is 2.22. The Kier molecular flexibility index (Phi) is 9.77. The van der Waals surface area contributed by atoms with Gasteiger partial charge in [0.15, 0.2) is 6.61 Å². The molecular weight excluding hydrogens is 476 g/mol. The van der Waals surface area contributed by atoms with Crippen LogP contribution in [-0.4, -0.2) is 42.5 Å². The molecule has 6 nitrogen and oxygen atoms in total. The molecule has 1 N–H and O–H groups in total. The molecule has 0 aliphatic heterocycles. The van der Waals surface area contributed by atoms with Crippen molar-refractivity contribution in [2.24, 2.45) is 0 Å². The molecule has 3 aromatic rings. The Balaban J connectivity index is 1.92. The minimum absolute atomic E-state index is 0.0714. The van der Waals surface area contributed by atoms with Crippen LogP contribution in [0, 0.1) is 6.92 Å². The number of aryl methyl sites for hydroxylation is 1. The average molecular weight is 509 g/mol. The first kappa shape index (κ1) is 27.1. The average Bonchev–Trinajstić information content (AvgIpc) is 2.87. The molecule has 0 bridgehead atoms. The van der Waals surface area contributed by atoms with Gasteiger partial charge in [-0.3, -0.25) is 9.59 Å². The molecule has 2 amide bonds. The predicted molar refractivity (Wildman–Crippen MR) is 142 cm³/mol. The van der Waals surface area contributed by atoms with Gasteiger partial charge in [-0.15, -0.1) is 0 Å². The summed E-state index contributed by atoms with van der Waals surface area (Å²) in [4.78, 5) is 28.6. The van der Waals surface area contributed by atoms with E-state index in [-0.39, 0.29) is 31.0 Å². The lowest BCUT2D eigenvalue weighted by atomic mass is 10.0. The number of carbonyl (C=O) groups excluding carboxylic acids is 2. The minimum Gasteiger partial charge on any atom is -0.497 e. The Labute approximate surface area is 218 Å². The number of benzene rings is 3. The number of hydrogen-bond donors (Lipinski definition) is 1. The van der Waals surface area contributed by atoms with Crippen LogP contribution in [0.2, 0.25) is 5.02 Å². The van der Waals surface area contributed by atoms with Crippen molar-refractivity contribution < 1.29 is 19.1 Å². The largest absolute Gasteiger partial charge is 0.497 e. The topological polar surface area (TPSA) is 67.9 Å². The van der Waals surface area contributed by atoms with E-state index in [1.807, 2.05) is 75.4 Å². The molecule has 36 heavy (non-hydrogen) atoms. The molecule has 0 spiro atoms. The number of hydrogen-bond acceptors (Lipinski definition) is 4. The number of ether oxygens (including phenoxy) is 2. The van der Waals surface area contributed by atoms with E-state index >= 15 is 0 Å². The van der Waals surface area contributed by atoms with Crippen LogP contribution in [0.15, 0.2) is 72.8 Å². The maximum Gasteiger partial charge on any atom is 0.261 e. The number of methoxy groups -OCH3 is 1. The maximum absolute atomic E-state index is 13.6. The second-order valence-corrected chi connectivity index (χ2v) is 9.35. The Hall–Kier alpha value is -3.51. The second kappa shape index (κ2) is 13.0. The van der Waals surface area contributed by atoms with Crippen molar-refractivity contribution in [3.05, 3.63) is 94.5 Å². The summed E-state index contributed by atoms with van der Waals surface area (Å²) in [5, 5.41) is 3.61. The van der Waals surface area contributed by atoms with Crippen molar-refractivity contribution in [1.29, 1.82) is 0 Å². The van der Waals surface area contributed by atoms with Crippen LogP contribution in [0.4, 0.5) is 0 Å². The van der Waals surface area contributed by atoms with E-state index in [0.717, 1.165) is 16.7 Å².